The van der Waals surface area contributed by atoms with Gasteiger partial charge >= 0.3 is 0 Å². The van der Waals surface area contributed by atoms with Gasteiger partial charge in [-0.15, -0.1) is 0 Å². The third-order valence-electron chi connectivity index (χ3n) is 3.37. The molecule has 0 fully saturated rings. The van der Waals surface area contributed by atoms with Gasteiger partial charge in [-0.2, -0.15) is 0 Å². The van der Waals surface area contributed by atoms with E-state index in [1.54, 1.807) is 0 Å². The average molecular weight is 235 g/mol. The summed E-state index contributed by atoms with van der Waals surface area (Å²) in [6.07, 6.45) is 2.21. The molecule has 96 valence electrons. The number of rotatable bonds is 7. The van der Waals surface area contributed by atoms with Gasteiger partial charge in [0.05, 0.1) is 6.61 Å². The van der Waals surface area contributed by atoms with E-state index in [2.05, 4.69) is 50.4 Å². The molecule has 2 nitrogen and oxygen atoms in total. The van der Waals surface area contributed by atoms with Gasteiger partial charge in [-0.3, -0.25) is 0 Å². The monoisotopic (exact) mass is 235 g/mol. The molecule has 0 radical (unpaired) electrons. The molecule has 2 atom stereocenters. The maximum absolute atomic E-state index is 5.71. The highest BCUT2D eigenvalue weighted by molar-refractivity contribution is 5.29. The Morgan fingerprint density at radius 1 is 1.18 bits per heavy atom. The van der Waals surface area contributed by atoms with Crippen LogP contribution >= 0.6 is 0 Å². The Morgan fingerprint density at radius 2 is 1.82 bits per heavy atom. The van der Waals surface area contributed by atoms with Crippen LogP contribution < -0.4 is 10.1 Å². The molecule has 0 aliphatic heterocycles. The smallest absolute Gasteiger partial charge is 0.119 e. The Hall–Kier alpha value is -1.02. The molecule has 0 bridgehead atoms. The van der Waals surface area contributed by atoms with Gasteiger partial charge in [-0.25, -0.2) is 0 Å². The van der Waals surface area contributed by atoms with Crippen LogP contribution in [0.3, 0.4) is 0 Å². The van der Waals surface area contributed by atoms with Crippen molar-refractivity contribution in [2.24, 2.45) is 0 Å². The summed E-state index contributed by atoms with van der Waals surface area (Å²) < 4.78 is 5.71. The van der Waals surface area contributed by atoms with Gasteiger partial charge in [0.15, 0.2) is 0 Å². The van der Waals surface area contributed by atoms with Crippen molar-refractivity contribution in [3.8, 4) is 5.75 Å². The predicted molar refractivity (Wildman–Crippen MR) is 73.8 cm³/mol. The van der Waals surface area contributed by atoms with Gasteiger partial charge < -0.3 is 10.1 Å². The highest BCUT2D eigenvalue weighted by Crippen LogP contribution is 2.21. The van der Waals surface area contributed by atoms with E-state index in [1.807, 2.05) is 7.05 Å². The second-order valence-corrected chi connectivity index (χ2v) is 4.71. The number of benzene rings is 1. The zero-order valence-electron chi connectivity index (χ0n) is 11.5. The van der Waals surface area contributed by atoms with E-state index in [0.717, 1.165) is 18.8 Å². The lowest BCUT2D eigenvalue weighted by Gasteiger charge is -2.12. The van der Waals surface area contributed by atoms with E-state index in [4.69, 9.17) is 4.74 Å². The van der Waals surface area contributed by atoms with E-state index in [0.29, 0.717) is 12.0 Å². The van der Waals surface area contributed by atoms with Crippen LogP contribution in [0.4, 0.5) is 0 Å². The third-order valence-corrected chi connectivity index (χ3v) is 3.37. The highest BCUT2D eigenvalue weighted by Gasteiger charge is 2.03. The molecule has 0 spiro atoms. The summed E-state index contributed by atoms with van der Waals surface area (Å²) in [5, 5.41) is 3.20. The van der Waals surface area contributed by atoms with Gasteiger partial charge in [0.25, 0.3) is 0 Å². The van der Waals surface area contributed by atoms with E-state index in [9.17, 15) is 0 Å². The number of hydrogen-bond acceptors (Lipinski definition) is 2. The van der Waals surface area contributed by atoms with Crippen LogP contribution in [-0.4, -0.2) is 19.7 Å². The second-order valence-electron chi connectivity index (χ2n) is 4.71. The zero-order valence-corrected chi connectivity index (χ0v) is 11.5. The first-order chi connectivity index (χ1) is 8.17. The van der Waals surface area contributed by atoms with Crippen molar-refractivity contribution in [3.63, 3.8) is 0 Å². The summed E-state index contributed by atoms with van der Waals surface area (Å²) in [4.78, 5) is 0. The highest BCUT2D eigenvalue weighted by atomic mass is 16.5. The summed E-state index contributed by atoms with van der Waals surface area (Å²) in [5.41, 5.74) is 1.39. The Kier molecular flexibility index (Phi) is 6.06. The fraction of sp³-hybridized carbons (Fsp3) is 0.600. The van der Waals surface area contributed by atoms with Gasteiger partial charge in [0.2, 0.25) is 0 Å². The summed E-state index contributed by atoms with van der Waals surface area (Å²) >= 11 is 0. The van der Waals surface area contributed by atoms with Gasteiger partial charge in [0, 0.05) is 6.04 Å². The van der Waals surface area contributed by atoms with Crippen LogP contribution in [0.1, 0.15) is 45.1 Å². The number of ether oxygens (including phenoxy) is 1. The van der Waals surface area contributed by atoms with Crippen LogP contribution in [0.2, 0.25) is 0 Å². The molecule has 0 heterocycles. The summed E-state index contributed by atoms with van der Waals surface area (Å²) in [7, 11) is 1.98. The molecular formula is C15H25NO. The second kappa shape index (κ2) is 7.33. The van der Waals surface area contributed by atoms with Gasteiger partial charge in [-0.1, -0.05) is 26.0 Å². The lowest BCUT2D eigenvalue weighted by Crippen LogP contribution is -2.23. The minimum atomic E-state index is 0.509. The molecular weight excluding hydrogens is 210 g/mol. The fourth-order valence-corrected chi connectivity index (χ4v) is 1.63. The van der Waals surface area contributed by atoms with Crippen LogP contribution in [-0.2, 0) is 0 Å². The molecule has 1 N–H and O–H groups in total. The Labute approximate surface area is 105 Å². The van der Waals surface area contributed by atoms with Crippen molar-refractivity contribution < 1.29 is 4.74 Å². The van der Waals surface area contributed by atoms with Crippen molar-refractivity contribution in [1.29, 1.82) is 0 Å². The largest absolute Gasteiger partial charge is 0.494 e. The quantitative estimate of drug-likeness (QED) is 0.780. The molecule has 0 saturated carbocycles. The van der Waals surface area contributed by atoms with E-state index >= 15 is 0 Å². The third kappa shape index (κ3) is 4.78. The van der Waals surface area contributed by atoms with Crippen LogP contribution in [0.5, 0.6) is 5.75 Å². The topological polar surface area (TPSA) is 21.3 Å². The van der Waals surface area contributed by atoms with Crippen molar-refractivity contribution in [3.05, 3.63) is 29.8 Å². The molecule has 1 aromatic carbocycles. The minimum Gasteiger partial charge on any atom is -0.494 e. The number of nitrogens with one attached hydrogen (secondary N) is 1. The Balaban J connectivity index is 2.40. The summed E-state index contributed by atoms with van der Waals surface area (Å²) in [6.45, 7) is 7.40. The Bertz CT molecular complexity index is 307. The lowest BCUT2D eigenvalue weighted by molar-refractivity contribution is 0.293. The molecule has 0 saturated heterocycles. The van der Waals surface area contributed by atoms with Gasteiger partial charge in [0.1, 0.15) is 5.75 Å². The van der Waals surface area contributed by atoms with E-state index in [1.165, 1.54) is 12.0 Å². The van der Waals surface area contributed by atoms with E-state index in [-0.39, 0.29) is 0 Å². The normalized spacial score (nSPS) is 14.4. The first-order valence-corrected chi connectivity index (χ1v) is 6.57. The maximum Gasteiger partial charge on any atom is 0.119 e. The van der Waals surface area contributed by atoms with Crippen molar-refractivity contribution in [2.45, 2.75) is 45.6 Å². The van der Waals surface area contributed by atoms with Crippen molar-refractivity contribution in [1.82, 2.24) is 5.32 Å². The molecule has 1 rings (SSSR count). The van der Waals surface area contributed by atoms with Crippen molar-refractivity contribution in [2.75, 3.05) is 13.7 Å². The zero-order chi connectivity index (χ0) is 12.7. The summed E-state index contributed by atoms with van der Waals surface area (Å²) in [5.74, 6) is 1.61. The van der Waals surface area contributed by atoms with E-state index < -0.39 is 0 Å². The molecule has 1 aromatic rings. The standard InChI is InChI=1S/C15H25NO/c1-5-12(2)14-6-8-15(9-7-14)17-11-10-13(3)16-4/h6-9,12-13,16H,5,10-11H2,1-4H3. The summed E-state index contributed by atoms with van der Waals surface area (Å²) in [6, 6.07) is 9.00. The van der Waals surface area contributed by atoms with Gasteiger partial charge in [-0.05, 0) is 50.4 Å². The SMILES string of the molecule is CCC(C)c1ccc(OCCC(C)NC)cc1. The van der Waals surface area contributed by atoms with Crippen molar-refractivity contribution >= 4 is 0 Å². The van der Waals surface area contributed by atoms with Crippen LogP contribution in [0.25, 0.3) is 0 Å². The molecule has 0 aliphatic rings. The fourth-order valence-electron chi connectivity index (χ4n) is 1.63. The number of hydrogen-bond donors (Lipinski definition) is 1. The maximum atomic E-state index is 5.71. The molecule has 2 unspecified atom stereocenters. The molecule has 0 aromatic heterocycles. The molecule has 17 heavy (non-hydrogen) atoms. The van der Waals surface area contributed by atoms with Crippen LogP contribution in [0, 0.1) is 0 Å². The molecule has 0 aliphatic carbocycles. The minimum absolute atomic E-state index is 0.509. The predicted octanol–water partition coefficient (Wildman–Crippen LogP) is 3.58. The molecule has 2 heteroatoms. The van der Waals surface area contributed by atoms with Crippen LogP contribution in [0.15, 0.2) is 24.3 Å². The Morgan fingerprint density at radius 3 is 2.35 bits per heavy atom. The molecule has 0 amide bonds. The first kappa shape index (κ1) is 14.0. The average Bonchev–Trinajstić information content (AvgIpc) is 2.38. The first-order valence-electron chi connectivity index (χ1n) is 6.57. The lowest BCUT2D eigenvalue weighted by atomic mass is 9.99.